The second kappa shape index (κ2) is 4.25. The van der Waals surface area contributed by atoms with Crippen molar-refractivity contribution < 1.29 is 9.21 Å². The molecule has 0 unspecified atom stereocenters. The maximum Gasteiger partial charge on any atom is 0.185 e. The number of carbonyl (C=O) groups excluding carboxylic acids is 1. The van der Waals surface area contributed by atoms with E-state index in [0.29, 0.717) is 18.6 Å². The molecular weight excluding hydrogens is 272 g/mol. The van der Waals surface area contributed by atoms with E-state index >= 15 is 0 Å². The minimum atomic E-state index is 0.343. The molecule has 4 nitrogen and oxygen atoms in total. The summed E-state index contributed by atoms with van der Waals surface area (Å²) in [4.78, 5) is 10.5. The molecule has 0 aliphatic carbocycles. The van der Waals surface area contributed by atoms with Crippen LogP contribution in [0.2, 0.25) is 0 Å². The van der Waals surface area contributed by atoms with Gasteiger partial charge in [-0.25, -0.2) is 0 Å². The average Bonchev–Trinajstić information content (AvgIpc) is 2.81. The molecule has 2 rings (SSSR count). The standard InChI is InChI=1S/C11H11BrN2O2/c1-7-11(12)8(2)14(13-7)5-9-3-4-10(6-15)16-9/h3-4,6H,5H2,1-2H3. The Morgan fingerprint density at radius 1 is 1.50 bits per heavy atom. The molecule has 84 valence electrons. The van der Waals surface area contributed by atoms with Gasteiger partial charge in [-0.1, -0.05) is 0 Å². The molecule has 0 radical (unpaired) electrons. The number of rotatable bonds is 3. The monoisotopic (exact) mass is 282 g/mol. The highest BCUT2D eigenvalue weighted by Crippen LogP contribution is 2.20. The Bertz CT molecular complexity index is 528. The van der Waals surface area contributed by atoms with Crippen molar-refractivity contribution in [1.82, 2.24) is 9.78 Å². The predicted molar refractivity (Wildman–Crippen MR) is 62.6 cm³/mol. The summed E-state index contributed by atoms with van der Waals surface area (Å²) in [7, 11) is 0. The molecule has 2 heterocycles. The second-order valence-electron chi connectivity index (χ2n) is 3.56. The van der Waals surface area contributed by atoms with Crippen LogP contribution in [0.25, 0.3) is 0 Å². The molecule has 0 N–H and O–H groups in total. The number of hydrogen-bond donors (Lipinski definition) is 0. The van der Waals surface area contributed by atoms with Crippen molar-refractivity contribution in [3.8, 4) is 0 Å². The van der Waals surface area contributed by atoms with Crippen LogP contribution < -0.4 is 0 Å². The van der Waals surface area contributed by atoms with Crippen LogP contribution in [-0.4, -0.2) is 16.1 Å². The van der Waals surface area contributed by atoms with Crippen molar-refractivity contribution >= 4 is 22.2 Å². The van der Waals surface area contributed by atoms with Crippen LogP contribution in [0.5, 0.6) is 0 Å². The predicted octanol–water partition coefficient (Wildman–Crippen LogP) is 2.72. The zero-order valence-electron chi connectivity index (χ0n) is 9.03. The summed E-state index contributed by atoms with van der Waals surface area (Å²) in [6.07, 6.45) is 0.695. The lowest BCUT2D eigenvalue weighted by Gasteiger charge is -2.00. The highest BCUT2D eigenvalue weighted by Gasteiger charge is 2.10. The molecule has 0 aromatic carbocycles. The molecule has 0 saturated carbocycles. The normalized spacial score (nSPS) is 10.7. The number of aldehydes is 1. The number of aromatic nitrogens is 2. The largest absolute Gasteiger partial charge is 0.456 e. The summed E-state index contributed by atoms with van der Waals surface area (Å²) < 4.78 is 8.15. The van der Waals surface area contributed by atoms with Gasteiger partial charge in [0.1, 0.15) is 5.76 Å². The molecule has 0 aliphatic heterocycles. The fourth-order valence-electron chi connectivity index (χ4n) is 1.52. The van der Waals surface area contributed by atoms with Gasteiger partial charge in [-0.05, 0) is 41.9 Å². The van der Waals surface area contributed by atoms with Gasteiger partial charge in [-0.2, -0.15) is 5.10 Å². The lowest BCUT2D eigenvalue weighted by atomic mass is 10.4. The van der Waals surface area contributed by atoms with E-state index in [1.54, 1.807) is 12.1 Å². The topological polar surface area (TPSA) is 48.0 Å². The van der Waals surface area contributed by atoms with Gasteiger partial charge in [-0.3, -0.25) is 9.48 Å². The van der Waals surface area contributed by atoms with Crippen LogP contribution in [-0.2, 0) is 6.54 Å². The maximum absolute atomic E-state index is 10.5. The van der Waals surface area contributed by atoms with E-state index in [9.17, 15) is 4.79 Å². The summed E-state index contributed by atoms with van der Waals surface area (Å²) in [5.74, 6) is 1.07. The van der Waals surface area contributed by atoms with E-state index in [2.05, 4.69) is 21.0 Å². The van der Waals surface area contributed by atoms with Crippen LogP contribution in [0.15, 0.2) is 21.0 Å². The van der Waals surface area contributed by atoms with Crippen molar-refractivity contribution in [3.05, 3.63) is 39.5 Å². The van der Waals surface area contributed by atoms with E-state index in [-0.39, 0.29) is 0 Å². The van der Waals surface area contributed by atoms with Gasteiger partial charge in [0.05, 0.1) is 22.4 Å². The third kappa shape index (κ3) is 1.95. The smallest absolute Gasteiger partial charge is 0.185 e. The minimum Gasteiger partial charge on any atom is -0.456 e. The fourth-order valence-corrected chi connectivity index (χ4v) is 1.80. The highest BCUT2D eigenvalue weighted by molar-refractivity contribution is 9.10. The lowest BCUT2D eigenvalue weighted by Crippen LogP contribution is -2.02. The molecule has 16 heavy (non-hydrogen) atoms. The van der Waals surface area contributed by atoms with E-state index < -0.39 is 0 Å². The van der Waals surface area contributed by atoms with Crippen molar-refractivity contribution in [2.45, 2.75) is 20.4 Å². The summed E-state index contributed by atoms with van der Waals surface area (Å²) in [5, 5.41) is 4.36. The first-order chi connectivity index (χ1) is 7.61. The van der Waals surface area contributed by atoms with Crippen LogP contribution in [0.1, 0.15) is 27.7 Å². The first-order valence-electron chi connectivity index (χ1n) is 4.85. The molecule has 2 aromatic heterocycles. The fraction of sp³-hybridized carbons (Fsp3) is 0.273. The Morgan fingerprint density at radius 2 is 2.25 bits per heavy atom. The highest BCUT2D eigenvalue weighted by atomic mass is 79.9. The quantitative estimate of drug-likeness (QED) is 0.814. The first kappa shape index (κ1) is 11.1. The molecule has 0 spiro atoms. The lowest BCUT2D eigenvalue weighted by molar-refractivity contribution is 0.109. The number of halogens is 1. The Morgan fingerprint density at radius 3 is 2.75 bits per heavy atom. The molecule has 0 amide bonds. The number of aryl methyl sites for hydroxylation is 1. The second-order valence-corrected chi connectivity index (χ2v) is 4.36. The van der Waals surface area contributed by atoms with Gasteiger partial charge in [-0.15, -0.1) is 0 Å². The molecule has 0 fully saturated rings. The third-order valence-corrected chi connectivity index (χ3v) is 3.55. The van der Waals surface area contributed by atoms with E-state index in [4.69, 9.17) is 4.42 Å². The molecule has 5 heteroatoms. The maximum atomic E-state index is 10.5. The molecule has 0 atom stereocenters. The number of nitrogens with zero attached hydrogens (tertiary/aromatic N) is 2. The van der Waals surface area contributed by atoms with Crippen LogP contribution in [0.3, 0.4) is 0 Å². The summed E-state index contributed by atoms with van der Waals surface area (Å²) in [6, 6.07) is 3.44. The van der Waals surface area contributed by atoms with Gasteiger partial charge in [0, 0.05) is 0 Å². The van der Waals surface area contributed by atoms with E-state index in [0.717, 1.165) is 21.6 Å². The molecule has 0 saturated heterocycles. The van der Waals surface area contributed by atoms with Gasteiger partial charge < -0.3 is 4.42 Å². The SMILES string of the molecule is Cc1nn(Cc2ccc(C=O)o2)c(C)c1Br. The van der Waals surface area contributed by atoms with Crippen LogP contribution in [0, 0.1) is 13.8 Å². The molecule has 0 aliphatic rings. The third-order valence-electron chi connectivity index (χ3n) is 2.40. The van der Waals surface area contributed by atoms with Crippen molar-refractivity contribution in [2.24, 2.45) is 0 Å². The van der Waals surface area contributed by atoms with Gasteiger partial charge in [0.25, 0.3) is 0 Å². The molecule has 2 aromatic rings. The van der Waals surface area contributed by atoms with Crippen molar-refractivity contribution in [3.63, 3.8) is 0 Å². The molecular formula is C11H11BrN2O2. The van der Waals surface area contributed by atoms with Crippen LogP contribution >= 0.6 is 15.9 Å². The zero-order valence-corrected chi connectivity index (χ0v) is 10.6. The first-order valence-corrected chi connectivity index (χ1v) is 5.64. The van der Waals surface area contributed by atoms with Crippen LogP contribution in [0.4, 0.5) is 0 Å². The summed E-state index contributed by atoms with van der Waals surface area (Å²) in [6.45, 7) is 4.45. The number of carbonyl (C=O) groups is 1. The van der Waals surface area contributed by atoms with Gasteiger partial charge in [0.15, 0.2) is 12.0 Å². The minimum absolute atomic E-state index is 0.343. The Balaban J connectivity index is 2.26. The molecule has 0 bridgehead atoms. The average molecular weight is 283 g/mol. The summed E-state index contributed by atoms with van der Waals surface area (Å²) >= 11 is 3.46. The van der Waals surface area contributed by atoms with E-state index in [1.165, 1.54) is 0 Å². The summed E-state index contributed by atoms with van der Waals surface area (Å²) in [5.41, 5.74) is 1.99. The Kier molecular flexibility index (Phi) is 2.96. The Labute approximate surface area is 101 Å². The Hall–Kier alpha value is -1.36. The van der Waals surface area contributed by atoms with Crippen molar-refractivity contribution in [2.75, 3.05) is 0 Å². The number of furan rings is 1. The van der Waals surface area contributed by atoms with Gasteiger partial charge in [0.2, 0.25) is 0 Å². The van der Waals surface area contributed by atoms with Gasteiger partial charge >= 0.3 is 0 Å². The van der Waals surface area contributed by atoms with Crippen molar-refractivity contribution in [1.29, 1.82) is 0 Å². The van der Waals surface area contributed by atoms with E-state index in [1.807, 2.05) is 18.5 Å². The zero-order chi connectivity index (χ0) is 11.7. The number of hydrogen-bond acceptors (Lipinski definition) is 3.